The third-order valence-electron chi connectivity index (χ3n) is 9.58. The molecule has 2 N–H and O–H groups in total. The molecule has 0 bridgehead atoms. The minimum atomic E-state index is -0.893. The van der Waals surface area contributed by atoms with Crippen LogP contribution >= 0.6 is 0 Å². The molecule has 4 amide bonds. The van der Waals surface area contributed by atoms with E-state index in [1.807, 2.05) is 60.1 Å². The maximum atomic E-state index is 14.5. The molecular weight excluding hydrogens is 634 g/mol. The highest BCUT2D eigenvalue weighted by Gasteiger charge is 2.51. The van der Waals surface area contributed by atoms with E-state index in [1.54, 1.807) is 70.5 Å². The van der Waals surface area contributed by atoms with E-state index in [-0.39, 0.29) is 68.4 Å². The molecule has 3 aromatic carbocycles. The topological polar surface area (TPSA) is 122 Å². The first-order valence-corrected chi connectivity index (χ1v) is 16.7. The maximum absolute atomic E-state index is 14.5. The number of phenols is 1. The number of aromatic nitrogens is 1. The summed E-state index contributed by atoms with van der Waals surface area (Å²) in [4.78, 5) is 59.1. The van der Waals surface area contributed by atoms with Gasteiger partial charge in [-0.05, 0) is 35.2 Å². The summed E-state index contributed by atoms with van der Waals surface area (Å²) >= 11 is 0. The van der Waals surface area contributed by atoms with Crippen molar-refractivity contribution in [3.8, 4) is 5.75 Å². The molecule has 2 fully saturated rings. The van der Waals surface area contributed by atoms with Gasteiger partial charge in [0.2, 0.25) is 17.7 Å². The van der Waals surface area contributed by atoms with Crippen molar-refractivity contribution in [3.63, 3.8) is 0 Å². The Bertz CT molecular complexity index is 1910. The van der Waals surface area contributed by atoms with Gasteiger partial charge in [-0.3, -0.25) is 24.2 Å². The fourth-order valence-electron chi connectivity index (χ4n) is 7.11. The van der Waals surface area contributed by atoms with Crippen LogP contribution in [0.1, 0.15) is 33.5 Å². The molecule has 4 aromatic rings. The van der Waals surface area contributed by atoms with Gasteiger partial charge >= 0.3 is 0 Å². The number of hydrogen-bond donors (Lipinski definition) is 2. The normalized spacial score (nSPS) is 18.0. The van der Waals surface area contributed by atoms with Crippen molar-refractivity contribution in [1.82, 2.24) is 34.8 Å². The average molecular weight is 678 g/mol. The lowest BCUT2D eigenvalue weighted by atomic mass is 9.97. The Morgan fingerprint density at radius 2 is 1.76 bits per heavy atom. The van der Waals surface area contributed by atoms with Crippen LogP contribution in [0.15, 0.2) is 91.6 Å². The monoisotopic (exact) mass is 677 g/mol. The Kier molecular flexibility index (Phi) is 10.0. The Labute approximate surface area is 291 Å². The van der Waals surface area contributed by atoms with Crippen LogP contribution in [0.4, 0.5) is 0 Å². The van der Waals surface area contributed by atoms with Gasteiger partial charge < -0.3 is 19.5 Å². The van der Waals surface area contributed by atoms with E-state index in [1.165, 1.54) is 5.01 Å². The molecule has 0 aliphatic carbocycles. The number of carbonyl (C=O) groups is 4. The number of amides is 4. The number of para-hydroxylation sites is 1. The molecule has 0 spiro atoms. The van der Waals surface area contributed by atoms with Gasteiger partial charge in [0.15, 0.2) is 0 Å². The summed E-state index contributed by atoms with van der Waals surface area (Å²) in [6.07, 6.45) is 3.64. The summed E-state index contributed by atoms with van der Waals surface area (Å²) in [5.74, 6) is -0.739. The van der Waals surface area contributed by atoms with Crippen molar-refractivity contribution in [1.29, 1.82) is 0 Å². The third-order valence-corrected chi connectivity index (χ3v) is 9.58. The highest BCUT2D eigenvalue weighted by atomic mass is 16.3. The van der Waals surface area contributed by atoms with Crippen molar-refractivity contribution >= 4 is 34.5 Å². The first-order valence-electron chi connectivity index (χ1n) is 16.7. The lowest BCUT2D eigenvalue weighted by Crippen LogP contribution is -2.75. The van der Waals surface area contributed by atoms with Gasteiger partial charge in [-0.15, -0.1) is 6.58 Å². The lowest BCUT2D eigenvalue weighted by molar-refractivity contribution is -0.205. The number of rotatable bonds is 11. The number of piperazine rings is 1. The van der Waals surface area contributed by atoms with Crippen molar-refractivity contribution < 1.29 is 24.3 Å². The summed E-state index contributed by atoms with van der Waals surface area (Å²) < 4.78 is 1.89. The quantitative estimate of drug-likeness (QED) is 0.185. The number of benzene rings is 3. The van der Waals surface area contributed by atoms with Crippen LogP contribution in [-0.4, -0.2) is 104 Å². The third kappa shape index (κ3) is 6.72. The molecule has 50 heavy (non-hydrogen) atoms. The maximum Gasteiger partial charge on any atom is 0.269 e. The number of fused-ring (bicyclic) bond motifs is 2. The fourth-order valence-corrected chi connectivity index (χ4v) is 7.11. The molecule has 0 saturated carbocycles. The van der Waals surface area contributed by atoms with E-state index in [0.717, 1.165) is 27.6 Å². The number of hydrogen-bond acceptors (Lipinski definition) is 7. The van der Waals surface area contributed by atoms with Crippen molar-refractivity contribution in [2.45, 2.75) is 38.0 Å². The predicted octanol–water partition coefficient (Wildman–Crippen LogP) is 3.08. The number of carbonyl (C=O) groups excluding carboxylic acids is 4. The second-order valence-corrected chi connectivity index (χ2v) is 12.8. The number of nitrogens with one attached hydrogen (secondary N) is 1. The molecule has 2 saturated heterocycles. The van der Waals surface area contributed by atoms with Gasteiger partial charge in [-0.25, -0.2) is 15.4 Å². The van der Waals surface area contributed by atoms with Crippen LogP contribution in [0, 0.1) is 0 Å². The molecule has 12 heteroatoms. The first-order chi connectivity index (χ1) is 24.1. The van der Waals surface area contributed by atoms with Gasteiger partial charge in [0, 0.05) is 58.7 Å². The number of phenolic OH excluding ortho intramolecular Hbond substituents is 1. The molecule has 260 valence electrons. The van der Waals surface area contributed by atoms with Gasteiger partial charge in [0.1, 0.15) is 18.0 Å². The zero-order valence-electron chi connectivity index (χ0n) is 28.7. The summed E-state index contributed by atoms with van der Waals surface area (Å²) in [7, 11) is 5.21. The number of aromatic hydroxyl groups is 1. The van der Waals surface area contributed by atoms with Crippen LogP contribution < -0.4 is 5.43 Å². The molecule has 6 rings (SSSR count). The van der Waals surface area contributed by atoms with Gasteiger partial charge in [-0.2, -0.15) is 0 Å². The second kappa shape index (κ2) is 14.6. The van der Waals surface area contributed by atoms with Crippen molar-refractivity contribution in [2.24, 2.45) is 7.05 Å². The minimum Gasteiger partial charge on any atom is -0.508 e. The fraction of sp³-hybridized carbons (Fsp3) is 0.316. The van der Waals surface area contributed by atoms with Crippen LogP contribution in [0.2, 0.25) is 0 Å². The molecule has 0 radical (unpaired) electrons. The summed E-state index contributed by atoms with van der Waals surface area (Å²) in [6.45, 7) is 4.38. The SMILES string of the molecule is C=CCN1CC(=O)N2[C@@H](Cc3ccc(O)cc3)C(=O)N(Cc3cccc4c(C(=O)N(C)NC)cn(C)c34)C[C@@H]2N1C(=O)CCc1ccccc1. The molecule has 3 heterocycles. The molecule has 12 nitrogen and oxygen atoms in total. The van der Waals surface area contributed by atoms with Crippen LogP contribution in [0.25, 0.3) is 10.9 Å². The summed E-state index contributed by atoms with van der Waals surface area (Å²) in [5, 5.41) is 15.5. The van der Waals surface area contributed by atoms with E-state index in [2.05, 4.69) is 12.0 Å². The van der Waals surface area contributed by atoms with Gasteiger partial charge in [0.05, 0.1) is 24.2 Å². The average Bonchev–Trinajstić information content (AvgIpc) is 3.46. The molecular formula is C38H43N7O5. The number of aryl methyl sites for hydroxylation is 2. The Balaban J connectivity index is 1.39. The summed E-state index contributed by atoms with van der Waals surface area (Å²) in [6, 6.07) is 21.2. The van der Waals surface area contributed by atoms with E-state index < -0.39 is 12.2 Å². The van der Waals surface area contributed by atoms with Gasteiger partial charge in [0.25, 0.3) is 5.91 Å². The molecule has 2 aliphatic heterocycles. The first kappa shape index (κ1) is 34.4. The Morgan fingerprint density at radius 3 is 2.46 bits per heavy atom. The van der Waals surface area contributed by atoms with Gasteiger partial charge in [-0.1, -0.05) is 66.7 Å². The Hall–Kier alpha value is -5.46. The molecule has 1 aromatic heterocycles. The summed E-state index contributed by atoms with van der Waals surface area (Å²) in [5.41, 5.74) is 6.82. The number of nitrogens with zero attached hydrogens (tertiary/aromatic N) is 6. The number of hydrazine groups is 2. The molecule has 2 atom stereocenters. The van der Waals surface area contributed by atoms with E-state index in [9.17, 15) is 24.3 Å². The standard InChI is InChI=1S/C38H43N7O5/c1-5-20-43-25-35(48)44-32(21-27-14-17-29(46)18-15-27)38(50)42(24-33(44)45(43)34(47)19-16-26-10-7-6-8-11-26)22-28-12-9-13-30-31(23-40(3)36(28)30)37(49)41(4)39-2/h5-15,17-18,23,32-33,39,46H,1,16,19-22,24-25H2,2-4H3/t32-,33-/m0/s1. The van der Waals surface area contributed by atoms with E-state index in [0.29, 0.717) is 12.0 Å². The minimum absolute atomic E-state index is 0.0700. The lowest BCUT2D eigenvalue weighted by Gasteiger charge is -2.55. The zero-order valence-corrected chi connectivity index (χ0v) is 28.7. The predicted molar refractivity (Wildman–Crippen MR) is 189 cm³/mol. The van der Waals surface area contributed by atoms with E-state index >= 15 is 0 Å². The highest BCUT2D eigenvalue weighted by molar-refractivity contribution is 6.07. The molecule has 2 aliphatic rings. The van der Waals surface area contributed by atoms with Crippen LogP contribution in [-0.2, 0) is 40.8 Å². The zero-order chi connectivity index (χ0) is 35.5. The van der Waals surface area contributed by atoms with E-state index in [4.69, 9.17) is 0 Å². The second-order valence-electron chi connectivity index (χ2n) is 12.8. The van der Waals surface area contributed by atoms with Crippen LogP contribution in [0.5, 0.6) is 5.75 Å². The molecule has 0 unspecified atom stereocenters. The van der Waals surface area contributed by atoms with Crippen LogP contribution in [0.3, 0.4) is 0 Å². The van der Waals surface area contributed by atoms with Crippen molar-refractivity contribution in [2.75, 3.05) is 33.7 Å². The Morgan fingerprint density at radius 1 is 1.02 bits per heavy atom. The largest absolute Gasteiger partial charge is 0.508 e. The highest BCUT2D eigenvalue weighted by Crippen LogP contribution is 2.32. The van der Waals surface area contributed by atoms with Crippen molar-refractivity contribution in [3.05, 3.63) is 114 Å². The smallest absolute Gasteiger partial charge is 0.269 e.